The highest BCUT2D eigenvalue weighted by Gasteiger charge is 2.55. The van der Waals surface area contributed by atoms with Gasteiger partial charge in [-0.2, -0.15) is 0 Å². The maximum absolute atomic E-state index is 14.0. The number of rotatable bonds is 4. The lowest BCUT2D eigenvalue weighted by molar-refractivity contribution is 0.0575. The van der Waals surface area contributed by atoms with Gasteiger partial charge in [-0.1, -0.05) is 13.0 Å². The Morgan fingerprint density at radius 3 is 2.60 bits per heavy atom. The minimum Gasteiger partial charge on any atom is -0.497 e. The van der Waals surface area contributed by atoms with Gasteiger partial charge in [-0.15, -0.1) is 0 Å². The van der Waals surface area contributed by atoms with Gasteiger partial charge in [-0.05, 0) is 98.6 Å². The van der Waals surface area contributed by atoms with Gasteiger partial charge < -0.3 is 19.3 Å². The Balaban J connectivity index is 1.45. The molecule has 0 bridgehead atoms. The molecular formula is C32H40FN3O4. The van der Waals surface area contributed by atoms with Gasteiger partial charge in [0, 0.05) is 44.5 Å². The van der Waals surface area contributed by atoms with Crippen molar-refractivity contribution in [1.82, 2.24) is 14.7 Å². The zero-order valence-electron chi connectivity index (χ0n) is 24.2. The largest absolute Gasteiger partial charge is 0.497 e. The first-order valence-electron chi connectivity index (χ1n) is 14.2. The molecule has 40 heavy (non-hydrogen) atoms. The van der Waals surface area contributed by atoms with Crippen LogP contribution in [0.25, 0.3) is 0 Å². The number of allylic oxidation sites excluding steroid dienone is 3. The number of ether oxygens (including phenoxy) is 2. The number of likely N-dealkylation sites (tertiary alicyclic amines) is 1. The number of likely N-dealkylation sites (N-methyl/N-ethyl adjacent to an activating group) is 1. The molecular weight excluding hydrogens is 509 g/mol. The highest BCUT2D eigenvalue weighted by Crippen LogP contribution is 2.46. The minimum absolute atomic E-state index is 0.0196. The summed E-state index contributed by atoms with van der Waals surface area (Å²) in [7, 11) is 3.39. The summed E-state index contributed by atoms with van der Waals surface area (Å²) in [6.45, 7) is 8.06. The van der Waals surface area contributed by atoms with Crippen LogP contribution in [0.2, 0.25) is 0 Å². The molecule has 1 aromatic rings. The van der Waals surface area contributed by atoms with Crippen LogP contribution in [0.1, 0.15) is 55.5 Å². The van der Waals surface area contributed by atoms with Gasteiger partial charge in [0.1, 0.15) is 11.6 Å². The van der Waals surface area contributed by atoms with Gasteiger partial charge in [0.2, 0.25) is 0 Å². The number of amides is 3. The van der Waals surface area contributed by atoms with E-state index in [9.17, 15) is 14.0 Å². The molecule has 214 valence electrons. The van der Waals surface area contributed by atoms with Crippen LogP contribution in [0.5, 0.6) is 0 Å². The molecule has 0 saturated carbocycles. The molecule has 0 aromatic heterocycles. The van der Waals surface area contributed by atoms with E-state index in [4.69, 9.17) is 9.47 Å². The van der Waals surface area contributed by atoms with Crippen LogP contribution in [0, 0.1) is 18.7 Å². The topological polar surface area (TPSA) is 62.3 Å². The zero-order valence-corrected chi connectivity index (χ0v) is 24.2. The number of fused-ring (bicyclic) bond motifs is 2. The maximum atomic E-state index is 14.0. The van der Waals surface area contributed by atoms with Crippen molar-refractivity contribution in [3.63, 3.8) is 0 Å². The Morgan fingerprint density at radius 1 is 1.20 bits per heavy atom. The van der Waals surface area contributed by atoms with Gasteiger partial charge in [-0.3, -0.25) is 9.69 Å². The predicted octanol–water partition coefficient (Wildman–Crippen LogP) is 5.59. The van der Waals surface area contributed by atoms with Crippen LogP contribution in [0.15, 0.2) is 65.1 Å². The third-order valence-corrected chi connectivity index (χ3v) is 8.95. The summed E-state index contributed by atoms with van der Waals surface area (Å²) in [5.74, 6) is 0.577. The van der Waals surface area contributed by atoms with Gasteiger partial charge >= 0.3 is 6.03 Å². The van der Waals surface area contributed by atoms with Gasteiger partial charge in [-0.25, -0.2) is 9.18 Å². The molecule has 2 saturated heterocycles. The van der Waals surface area contributed by atoms with Gasteiger partial charge in [0.15, 0.2) is 0 Å². The lowest BCUT2D eigenvalue weighted by Gasteiger charge is -2.44. The first kappa shape index (κ1) is 28.1. The Morgan fingerprint density at radius 2 is 1.95 bits per heavy atom. The van der Waals surface area contributed by atoms with Crippen molar-refractivity contribution in [2.24, 2.45) is 5.92 Å². The van der Waals surface area contributed by atoms with E-state index >= 15 is 0 Å². The molecule has 5 rings (SSSR count). The highest BCUT2D eigenvalue weighted by molar-refractivity contribution is 5.94. The lowest BCUT2D eigenvalue weighted by Crippen LogP contribution is -2.54. The first-order chi connectivity index (χ1) is 19.2. The van der Waals surface area contributed by atoms with Gasteiger partial charge in [0.25, 0.3) is 5.91 Å². The highest BCUT2D eigenvalue weighted by atomic mass is 19.1. The summed E-state index contributed by atoms with van der Waals surface area (Å²) in [5.41, 5.74) is 3.97. The van der Waals surface area contributed by atoms with Crippen molar-refractivity contribution in [3.05, 3.63) is 82.0 Å². The summed E-state index contributed by atoms with van der Waals surface area (Å²) in [5, 5.41) is 0. The number of hydrogen-bond acceptors (Lipinski definition) is 4. The summed E-state index contributed by atoms with van der Waals surface area (Å²) in [6, 6.07) is 4.55. The second-order valence-corrected chi connectivity index (χ2v) is 11.3. The molecule has 4 aliphatic rings. The van der Waals surface area contributed by atoms with E-state index in [1.54, 1.807) is 33.3 Å². The number of hydrogen-bond donors (Lipinski definition) is 0. The van der Waals surface area contributed by atoms with Gasteiger partial charge in [0.05, 0.1) is 18.8 Å². The van der Waals surface area contributed by atoms with E-state index in [0.29, 0.717) is 56.6 Å². The van der Waals surface area contributed by atoms with Crippen molar-refractivity contribution in [1.29, 1.82) is 0 Å². The average Bonchev–Trinajstić information content (AvgIpc) is 3.13. The number of piperidine rings is 1. The third kappa shape index (κ3) is 4.87. The Bertz CT molecular complexity index is 1300. The first-order valence-corrected chi connectivity index (χ1v) is 14.2. The Labute approximate surface area is 236 Å². The Hall–Kier alpha value is -3.39. The molecule has 0 N–H and O–H groups in total. The number of benzene rings is 1. The van der Waals surface area contributed by atoms with Crippen molar-refractivity contribution < 1.29 is 23.5 Å². The fraction of sp³-hybridized carbons (Fsp3) is 0.500. The fourth-order valence-corrected chi connectivity index (χ4v) is 6.81. The molecule has 3 aliphatic heterocycles. The van der Waals surface area contributed by atoms with E-state index in [2.05, 4.69) is 19.1 Å². The molecule has 0 radical (unpaired) electrons. The van der Waals surface area contributed by atoms with Crippen molar-refractivity contribution in [2.45, 2.75) is 58.1 Å². The van der Waals surface area contributed by atoms with Crippen LogP contribution in [-0.4, -0.2) is 78.7 Å². The number of urea groups is 1. The van der Waals surface area contributed by atoms with Crippen LogP contribution in [0.4, 0.5) is 9.18 Å². The third-order valence-electron chi connectivity index (χ3n) is 8.95. The smallest absolute Gasteiger partial charge is 0.325 e. The van der Waals surface area contributed by atoms with E-state index in [0.717, 1.165) is 17.9 Å². The predicted molar refractivity (Wildman–Crippen MR) is 152 cm³/mol. The number of carbonyl (C=O) groups excluding carboxylic acids is 2. The van der Waals surface area contributed by atoms with E-state index in [-0.39, 0.29) is 29.8 Å². The molecule has 1 aromatic carbocycles. The number of nitrogens with zero attached hydrogens (tertiary/aromatic N) is 3. The standard InChI is InChI=1S/C32H40FN3O4/c1-6-36-31(38)35-20-24-7-9-25(39-4)10-12-28(40-5)26(24)17-21(2)18-29(35)32(36)13-15-34(16-14-32)30(37)23-8-11-27(33)22(3)19-23/h8-12,18-19,21,28H,6-7,13-17,20H2,1-5H3/b12-10?,25-9+,26-24+,29-18-/t21-,28?/m1/s1. The molecule has 1 unspecified atom stereocenters. The summed E-state index contributed by atoms with van der Waals surface area (Å²) in [4.78, 5) is 33.1. The van der Waals surface area contributed by atoms with Crippen molar-refractivity contribution in [3.8, 4) is 0 Å². The summed E-state index contributed by atoms with van der Waals surface area (Å²) in [6.07, 6.45) is 11.0. The number of carbonyl (C=O) groups is 2. The second-order valence-electron chi connectivity index (χ2n) is 11.3. The molecule has 1 spiro atoms. The average molecular weight is 550 g/mol. The number of aryl methyl sites for hydroxylation is 1. The van der Waals surface area contributed by atoms with Crippen molar-refractivity contribution >= 4 is 11.9 Å². The molecule has 3 amide bonds. The lowest BCUT2D eigenvalue weighted by atomic mass is 9.80. The zero-order chi connectivity index (χ0) is 28.6. The molecule has 7 nitrogen and oxygen atoms in total. The SMILES string of the molecule is CCN1C(=O)N2C/C3=C(\C[C@@H](C)/C=C\2C12CCN(C(=O)c1ccc(F)c(C)c1)CC2)C(OC)C=C/C(OC)=C\C3. The fourth-order valence-electron chi connectivity index (χ4n) is 6.81. The monoisotopic (exact) mass is 549 g/mol. The number of halogens is 1. The molecule has 2 fully saturated rings. The van der Waals surface area contributed by atoms with E-state index in [1.807, 2.05) is 33.8 Å². The summed E-state index contributed by atoms with van der Waals surface area (Å²) < 4.78 is 25.2. The van der Waals surface area contributed by atoms with E-state index in [1.165, 1.54) is 17.2 Å². The minimum atomic E-state index is -0.455. The quantitative estimate of drug-likeness (QED) is 0.460. The molecule has 1 aliphatic carbocycles. The molecule has 2 atom stereocenters. The van der Waals surface area contributed by atoms with Crippen molar-refractivity contribution in [2.75, 3.05) is 40.4 Å². The van der Waals surface area contributed by atoms with Crippen LogP contribution in [-0.2, 0) is 9.47 Å². The van der Waals surface area contributed by atoms with Crippen LogP contribution in [0.3, 0.4) is 0 Å². The van der Waals surface area contributed by atoms with Crippen LogP contribution < -0.4 is 0 Å². The maximum Gasteiger partial charge on any atom is 0.325 e. The Kier molecular flexibility index (Phi) is 7.91. The van der Waals surface area contributed by atoms with Crippen LogP contribution >= 0.6 is 0 Å². The molecule has 3 heterocycles. The number of methoxy groups -OCH3 is 2. The normalized spacial score (nSPS) is 28.9. The second kappa shape index (κ2) is 11.2. The summed E-state index contributed by atoms with van der Waals surface area (Å²) >= 11 is 0. The molecule has 8 heteroatoms. The van der Waals surface area contributed by atoms with E-state index < -0.39 is 5.54 Å².